The van der Waals surface area contributed by atoms with E-state index < -0.39 is 0 Å². The van der Waals surface area contributed by atoms with Crippen molar-refractivity contribution in [2.75, 3.05) is 0 Å². The van der Waals surface area contributed by atoms with Gasteiger partial charge < -0.3 is 10.9 Å². The van der Waals surface area contributed by atoms with Gasteiger partial charge in [-0.25, -0.2) is 5.84 Å². The SMILES string of the molecule is C[C@@H]1C2CC(N)C3CC3C1(C)C1CCC3(C)C(CCC3[NH+]([O-])NN)C1C[C@@H]2C. The Morgan fingerprint density at radius 2 is 1.68 bits per heavy atom. The molecule has 13 atom stereocenters. The van der Waals surface area contributed by atoms with Crippen molar-refractivity contribution in [1.29, 1.82) is 0 Å². The molecule has 11 unspecified atom stereocenters. The molecule has 0 aromatic heterocycles. The number of fused-ring (bicyclic) bond motifs is 8. The molecule has 5 nitrogen and oxygen atoms in total. The second kappa shape index (κ2) is 6.40. The van der Waals surface area contributed by atoms with Crippen LogP contribution < -0.4 is 22.3 Å². The predicted molar refractivity (Wildman–Crippen MR) is 111 cm³/mol. The maximum Gasteiger partial charge on any atom is 0.111 e. The molecule has 0 radical (unpaired) electrons. The summed E-state index contributed by atoms with van der Waals surface area (Å²) < 4.78 is 0. The van der Waals surface area contributed by atoms with Gasteiger partial charge in [-0.15, -0.1) is 5.53 Å². The van der Waals surface area contributed by atoms with E-state index in [1.54, 1.807) is 0 Å². The summed E-state index contributed by atoms with van der Waals surface area (Å²) in [6.45, 7) is 10.2. The molecule has 0 aromatic rings. The molecule has 2 bridgehead atoms. The lowest BCUT2D eigenvalue weighted by molar-refractivity contribution is -0.930. The Kier molecular flexibility index (Phi) is 4.51. The molecule has 5 aliphatic rings. The quantitative estimate of drug-likeness (QED) is 0.430. The molecule has 5 heteroatoms. The minimum absolute atomic E-state index is 0.0773. The molecular weight excluding hydrogens is 348 g/mol. The number of hydrogen-bond donors (Lipinski definition) is 4. The molecule has 0 amide bonds. The molecule has 0 aliphatic heterocycles. The first-order chi connectivity index (χ1) is 13.2. The van der Waals surface area contributed by atoms with Crippen molar-refractivity contribution in [2.24, 2.45) is 69.7 Å². The topological polar surface area (TPSA) is 91.6 Å². The third-order valence-electron chi connectivity index (χ3n) is 11.4. The van der Waals surface area contributed by atoms with Crippen LogP contribution in [0.1, 0.15) is 72.6 Å². The number of rotatable bonds is 2. The van der Waals surface area contributed by atoms with Gasteiger partial charge in [-0.1, -0.05) is 27.7 Å². The second-order valence-electron chi connectivity index (χ2n) is 12.0. The first-order valence-electron chi connectivity index (χ1n) is 12.0. The zero-order valence-corrected chi connectivity index (χ0v) is 18.3. The standard InChI is InChI=1S/C23H42N4O/c1-12-9-15-17-5-6-21(27(28)26-25)22(17,3)8-7-18(15)23(4)13(2)14(12)11-20(24)16-10-19(16)23/h12-21,26-27H,5-11,24-25H2,1-4H3/t12-,13+,14?,15?,16?,17?,18?,19?,20?,21?,22?,23?/m0/s1. The third-order valence-corrected chi connectivity index (χ3v) is 11.4. The Morgan fingerprint density at radius 1 is 0.929 bits per heavy atom. The maximum atomic E-state index is 12.6. The molecule has 0 saturated heterocycles. The normalized spacial score (nSPS) is 61.4. The second-order valence-corrected chi connectivity index (χ2v) is 12.0. The highest BCUT2D eigenvalue weighted by molar-refractivity contribution is 5.16. The van der Waals surface area contributed by atoms with Crippen LogP contribution in [0.2, 0.25) is 0 Å². The number of hydrazine groups is 1. The Balaban J connectivity index is 1.53. The largest absolute Gasteiger partial charge is 0.612 e. The first-order valence-corrected chi connectivity index (χ1v) is 12.0. The van der Waals surface area contributed by atoms with Gasteiger partial charge in [-0.05, 0) is 91.3 Å². The van der Waals surface area contributed by atoms with Crippen LogP contribution in [0, 0.1) is 63.4 Å². The molecule has 5 rings (SSSR count). The summed E-state index contributed by atoms with van der Waals surface area (Å²) in [6, 6.07) is 0.535. The minimum Gasteiger partial charge on any atom is -0.612 e. The van der Waals surface area contributed by atoms with Crippen LogP contribution in [-0.4, -0.2) is 12.1 Å². The molecule has 0 spiro atoms. The zero-order valence-electron chi connectivity index (χ0n) is 18.3. The van der Waals surface area contributed by atoms with Crippen LogP contribution in [0.5, 0.6) is 0 Å². The summed E-state index contributed by atoms with van der Waals surface area (Å²) in [4.78, 5) is 0. The lowest BCUT2D eigenvalue weighted by Gasteiger charge is -2.55. The van der Waals surface area contributed by atoms with Crippen LogP contribution in [-0.2, 0) is 0 Å². The maximum absolute atomic E-state index is 12.6. The van der Waals surface area contributed by atoms with Gasteiger partial charge >= 0.3 is 0 Å². The molecule has 160 valence electrons. The summed E-state index contributed by atoms with van der Waals surface area (Å²) >= 11 is 0. The van der Waals surface area contributed by atoms with Crippen molar-refractivity contribution >= 4 is 0 Å². The molecular formula is C23H42N4O. The monoisotopic (exact) mass is 390 g/mol. The van der Waals surface area contributed by atoms with Gasteiger partial charge in [-0.2, -0.15) is 0 Å². The molecule has 5 aliphatic carbocycles. The fourth-order valence-electron chi connectivity index (χ4n) is 9.76. The van der Waals surface area contributed by atoms with E-state index >= 15 is 0 Å². The first kappa shape index (κ1) is 19.7. The summed E-state index contributed by atoms with van der Waals surface area (Å²) in [6.07, 6.45) is 8.67. The van der Waals surface area contributed by atoms with Crippen molar-refractivity contribution in [1.82, 2.24) is 5.53 Å². The Morgan fingerprint density at radius 3 is 2.39 bits per heavy atom. The molecule has 6 N–H and O–H groups in total. The molecule has 28 heavy (non-hydrogen) atoms. The van der Waals surface area contributed by atoms with Gasteiger partial charge in [0.15, 0.2) is 0 Å². The summed E-state index contributed by atoms with van der Waals surface area (Å²) in [5, 5.41) is 12.6. The number of nitrogens with one attached hydrogen (secondary N) is 2. The smallest absolute Gasteiger partial charge is 0.111 e. The summed E-state index contributed by atoms with van der Waals surface area (Å²) in [5.41, 5.74) is 9.75. The van der Waals surface area contributed by atoms with E-state index in [2.05, 4.69) is 33.2 Å². The summed E-state index contributed by atoms with van der Waals surface area (Å²) in [5.74, 6) is 11.7. The number of nitrogens with two attached hydrogens (primary N) is 2. The van der Waals surface area contributed by atoms with E-state index in [1.807, 2.05) is 0 Å². The van der Waals surface area contributed by atoms with Gasteiger partial charge in [0, 0.05) is 17.9 Å². The lowest BCUT2D eigenvalue weighted by Crippen LogP contribution is -3.20. The van der Waals surface area contributed by atoms with Crippen LogP contribution in [0.4, 0.5) is 0 Å². The van der Waals surface area contributed by atoms with Gasteiger partial charge in [0.25, 0.3) is 0 Å². The van der Waals surface area contributed by atoms with Crippen LogP contribution in [0.3, 0.4) is 0 Å². The van der Waals surface area contributed by atoms with E-state index in [0.717, 1.165) is 47.8 Å². The van der Waals surface area contributed by atoms with Crippen LogP contribution in [0.25, 0.3) is 0 Å². The van der Waals surface area contributed by atoms with E-state index in [9.17, 15) is 5.21 Å². The Bertz CT molecular complexity index is 630. The highest BCUT2D eigenvalue weighted by atomic mass is 16.5. The lowest BCUT2D eigenvalue weighted by atomic mass is 9.51. The summed E-state index contributed by atoms with van der Waals surface area (Å²) in [7, 11) is 0. The molecule has 5 fully saturated rings. The van der Waals surface area contributed by atoms with Gasteiger partial charge in [0.2, 0.25) is 0 Å². The van der Waals surface area contributed by atoms with E-state index in [4.69, 9.17) is 11.6 Å². The fraction of sp³-hybridized carbons (Fsp3) is 1.00. The van der Waals surface area contributed by atoms with Crippen molar-refractivity contribution < 1.29 is 5.17 Å². The van der Waals surface area contributed by atoms with E-state index in [-0.39, 0.29) is 16.6 Å². The van der Waals surface area contributed by atoms with Crippen LogP contribution in [0.15, 0.2) is 0 Å². The zero-order chi connectivity index (χ0) is 20.0. The van der Waals surface area contributed by atoms with Gasteiger partial charge in [-0.3, -0.25) is 5.17 Å². The third kappa shape index (κ3) is 2.43. The van der Waals surface area contributed by atoms with Crippen molar-refractivity contribution in [2.45, 2.75) is 84.7 Å². The van der Waals surface area contributed by atoms with Crippen molar-refractivity contribution in [3.05, 3.63) is 5.21 Å². The average Bonchev–Trinajstić information content (AvgIpc) is 3.41. The van der Waals surface area contributed by atoms with E-state index in [1.165, 1.54) is 38.5 Å². The van der Waals surface area contributed by atoms with Crippen LogP contribution >= 0.6 is 0 Å². The van der Waals surface area contributed by atoms with Gasteiger partial charge in [0.05, 0.1) is 0 Å². The number of hydrogen-bond acceptors (Lipinski definition) is 4. The Labute approximate surface area is 170 Å². The molecule has 0 aromatic carbocycles. The number of quaternary nitrogens is 1. The van der Waals surface area contributed by atoms with E-state index in [0.29, 0.717) is 17.4 Å². The molecule has 5 saturated carbocycles. The predicted octanol–water partition coefficient (Wildman–Crippen LogP) is 2.22. The van der Waals surface area contributed by atoms with Gasteiger partial charge in [0.1, 0.15) is 6.04 Å². The highest BCUT2D eigenvalue weighted by Gasteiger charge is 2.67. The Hall–Kier alpha value is -0.200. The average molecular weight is 391 g/mol. The highest BCUT2D eigenvalue weighted by Crippen LogP contribution is 2.71. The van der Waals surface area contributed by atoms with Crippen molar-refractivity contribution in [3.8, 4) is 0 Å². The fourth-order valence-corrected chi connectivity index (χ4v) is 9.76. The van der Waals surface area contributed by atoms with Crippen molar-refractivity contribution in [3.63, 3.8) is 0 Å². The molecule has 0 heterocycles. The minimum atomic E-state index is 0.0773. The number of hydroxylamine groups is 1.